The summed E-state index contributed by atoms with van der Waals surface area (Å²) in [4.78, 5) is 11.3. The van der Waals surface area contributed by atoms with Gasteiger partial charge in [-0.2, -0.15) is 5.26 Å². The van der Waals surface area contributed by atoms with Crippen LogP contribution >= 0.6 is 11.8 Å². The van der Waals surface area contributed by atoms with E-state index in [0.717, 1.165) is 0 Å². The van der Waals surface area contributed by atoms with Crippen LogP contribution in [0.3, 0.4) is 0 Å². The monoisotopic (exact) mass is 245 g/mol. The van der Waals surface area contributed by atoms with Gasteiger partial charge in [0.05, 0.1) is 5.56 Å². The lowest BCUT2D eigenvalue weighted by atomic mass is 10.1. The molecular formula is C11H7N3O2S. The Morgan fingerprint density at radius 2 is 2.29 bits per heavy atom. The molecule has 0 unspecified atom stereocenters. The van der Waals surface area contributed by atoms with Gasteiger partial charge in [-0.25, -0.2) is 0 Å². The molecule has 17 heavy (non-hydrogen) atoms. The molecular weight excluding hydrogens is 238 g/mol. The largest absolute Gasteiger partial charge is 0.416 e. The molecule has 0 aliphatic heterocycles. The minimum atomic E-state index is 0.373. The molecule has 0 aliphatic carbocycles. The van der Waals surface area contributed by atoms with Gasteiger partial charge < -0.3 is 4.42 Å². The fourth-order valence-electron chi connectivity index (χ4n) is 1.21. The van der Waals surface area contributed by atoms with Crippen LogP contribution in [0.15, 0.2) is 32.7 Å². The number of benzene rings is 1. The van der Waals surface area contributed by atoms with Gasteiger partial charge in [-0.3, -0.25) is 4.79 Å². The molecule has 0 N–H and O–H groups in total. The van der Waals surface area contributed by atoms with Gasteiger partial charge in [0, 0.05) is 17.4 Å². The number of nitrogens with zero attached hydrogens (tertiary/aromatic N) is 3. The van der Waals surface area contributed by atoms with Crippen LogP contribution in [0, 0.1) is 18.3 Å². The molecule has 6 heteroatoms. The van der Waals surface area contributed by atoms with Crippen LogP contribution in [0.5, 0.6) is 0 Å². The summed E-state index contributed by atoms with van der Waals surface area (Å²) in [6, 6.07) is 6.88. The zero-order chi connectivity index (χ0) is 12.3. The number of aromatic nitrogens is 2. The van der Waals surface area contributed by atoms with Crippen LogP contribution < -0.4 is 0 Å². The number of rotatable bonds is 3. The van der Waals surface area contributed by atoms with E-state index in [4.69, 9.17) is 9.68 Å². The first-order chi connectivity index (χ1) is 8.22. The van der Waals surface area contributed by atoms with Gasteiger partial charge in [-0.05, 0) is 23.9 Å². The zero-order valence-corrected chi connectivity index (χ0v) is 9.69. The van der Waals surface area contributed by atoms with Crippen molar-refractivity contribution in [3.8, 4) is 6.07 Å². The summed E-state index contributed by atoms with van der Waals surface area (Å²) in [5.74, 6) is 0.468. The standard InChI is InChI=1S/C11H7N3O2S/c1-7-13-14-11(16-7)17-10-3-2-8(6-15)4-9(10)5-12/h2-4,6H,1H3. The Balaban J connectivity index is 2.33. The van der Waals surface area contributed by atoms with Crippen molar-refractivity contribution < 1.29 is 9.21 Å². The third-order valence-corrected chi connectivity index (χ3v) is 2.88. The molecule has 0 radical (unpaired) electrons. The van der Waals surface area contributed by atoms with Gasteiger partial charge in [0.25, 0.3) is 5.22 Å². The first-order valence-electron chi connectivity index (χ1n) is 4.70. The quantitative estimate of drug-likeness (QED) is 0.771. The van der Waals surface area contributed by atoms with E-state index in [1.807, 2.05) is 6.07 Å². The second-order valence-electron chi connectivity index (χ2n) is 3.17. The molecule has 84 valence electrons. The van der Waals surface area contributed by atoms with Crippen molar-refractivity contribution in [2.75, 3.05) is 0 Å². The number of hydrogen-bond donors (Lipinski definition) is 0. The first-order valence-corrected chi connectivity index (χ1v) is 5.52. The molecule has 1 heterocycles. The van der Waals surface area contributed by atoms with Gasteiger partial charge in [0.2, 0.25) is 5.89 Å². The van der Waals surface area contributed by atoms with Crippen molar-refractivity contribution in [1.29, 1.82) is 5.26 Å². The Morgan fingerprint density at radius 1 is 1.47 bits per heavy atom. The summed E-state index contributed by atoms with van der Waals surface area (Å²) < 4.78 is 5.21. The number of carbonyl (C=O) groups excluding carboxylic acids is 1. The number of carbonyl (C=O) groups is 1. The van der Waals surface area contributed by atoms with Crippen molar-refractivity contribution in [2.24, 2.45) is 0 Å². The Hall–Kier alpha value is -2.13. The predicted molar refractivity (Wildman–Crippen MR) is 59.7 cm³/mol. The van der Waals surface area contributed by atoms with Crippen molar-refractivity contribution >= 4 is 18.0 Å². The SMILES string of the molecule is Cc1nnc(Sc2ccc(C=O)cc2C#N)o1. The predicted octanol–water partition coefficient (Wildman–Crippen LogP) is 2.21. The van der Waals surface area contributed by atoms with Gasteiger partial charge in [0.1, 0.15) is 12.4 Å². The lowest BCUT2D eigenvalue weighted by Gasteiger charge is -2.00. The van der Waals surface area contributed by atoms with Gasteiger partial charge >= 0.3 is 0 Å². The fourth-order valence-corrected chi connectivity index (χ4v) is 1.99. The highest BCUT2D eigenvalue weighted by molar-refractivity contribution is 7.99. The minimum absolute atomic E-state index is 0.373. The molecule has 2 rings (SSSR count). The summed E-state index contributed by atoms with van der Waals surface area (Å²) in [6.45, 7) is 1.69. The molecule has 2 aromatic rings. The Morgan fingerprint density at radius 3 is 2.88 bits per heavy atom. The second kappa shape index (κ2) is 4.80. The third-order valence-electron chi connectivity index (χ3n) is 1.96. The molecule has 0 atom stereocenters. The topological polar surface area (TPSA) is 79.8 Å². The lowest BCUT2D eigenvalue weighted by molar-refractivity contribution is 0.112. The van der Waals surface area contributed by atoms with E-state index in [-0.39, 0.29) is 0 Å². The maximum absolute atomic E-state index is 10.6. The van der Waals surface area contributed by atoms with E-state index in [1.165, 1.54) is 17.8 Å². The van der Waals surface area contributed by atoms with Crippen molar-refractivity contribution in [3.63, 3.8) is 0 Å². The van der Waals surface area contributed by atoms with Crippen molar-refractivity contribution in [2.45, 2.75) is 17.0 Å². The fraction of sp³-hybridized carbons (Fsp3) is 0.0909. The second-order valence-corrected chi connectivity index (χ2v) is 4.17. The Kier molecular flexibility index (Phi) is 3.21. The number of hydrogen-bond acceptors (Lipinski definition) is 6. The Labute approximate surface area is 101 Å². The van der Waals surface area contributed by atoms with E-state index in [0.29, 0.717) is 33.4 Å². The zero-order valence-electron chi connectivity index (χ0n) is 8.88. The average molecular weight is 245 g/mol. The molecule has 0 saturated heterocycles. The van der Waals surface area contributed by atoms with Crippen molar-refractivity contribution in [1.82, 2.24) is 10.2 Å². The van der Waals surface area contributed by atoms with Gasteiger partial charge in [-0.15, -0.1) is 10.2 Å². The maximum atomic E-state index is 10.6. The van der Waals surface area contributed by atoms with Crippen LogP contribution in [0.4, 0.5) is 0 Å². The summed E-state index contributed by atoms with van der Waals surface area (Å²) >= 11 is 1.20. The van der Waals surface area contributed by atoms with Gasteiger partial charge in [-0.1, -0.05) is 6.07 Å². The van der Waals surface area contributed by atoms with E-state index >= 15 is 0 Å². The highest BCUT2D eigenvalue weighted by Gasteiger charge is 2.09. The summed E-state index contributed by atoms with van der Waals surface area (Å²) in [5, 5.41) is 16.9. The van der Waals surface area contributed by atoms with Gasteiger partial charge in [0.15, 0.2) is 0 Å². The lowest BCUT2D eigenvalue weighted by Crippen LogP contribution is -1.86. The van der Waals surface area contributed by atoms with E-state index < -0.39 is 0 Å². The molecule has 0 saturated carbocycles. The van der Waals surface area contributed by atoms with Crippen molar-refractivity contribution in [3.05, 3.63) is 35.2 Å². The Bertz CT molecular complexity index is 601. The highest BCUT2D eigenvalue weighted by atomic mass is 32.2. The molecule has 5 nitrogen and oxygen atoms in total. The van der Waals surface area contributed by atoms with Crippen LogP contribution in [0.2, 0.25) is 0 Å². The minimum Gasteiger partial charge on any atom is -0.416 e. The first kappa shape index (κ1) is 11.4. The van der Waals surface area contributed by atoms with E-state index in [1.54, 1.807) is 19.1 Å². The normalized spacial score (nSPS) is 9.88. The van der Waals surface area contributed by atoms with Crippen LogP contribution in [-0.4, -0.2) is 16.5 Å². The number of aryl methyl sites for hydroxylation is 1. The average Bonchev–Trinajstić information content (AvgIpc) is 2.75. The molecule has 0 bridgehead atoms. The van der Waals surface area contributed by atoms with Crippen LogP contribution in [-0.2, 0) is 0 Å². The molecule has 1 aromatic heterocycles. The molecule has 0 fully saturated rings. The summed E-state index contributed by atoms with van der Waals surface area (Å²) in [7, 11) is 0. The van der Waals surface area contributed by atoms with Crippen LogP contribution in [0.1, 0.15) is 21.8 Å². The van der Waals surface area contributed by atoms with E-state index in [9.17, 15) is 4.79 Å². The number of aldehydes is 1. The maximum Gasteiger partial charge on any atom is 0.281 e. The molecule has 1 aromatic carbocycles. The smallest absolute Gasteiger partial charge is 0.281 e. The molecule has 0 spiro atoms. The summed E-state index contributed by atoms with van der Waals surface area (Å²) in [5.41, 5.74) is 0.878. The molecule has 0 amide bonds. The highest BCUT2D eigenvalue weighted by Crippen LogP contribution is 2.29. The van der Waals surface area contributed by atoms with E-state index in [2.05, 4.69) is 10.2 Å². The third kappa shape index (κ3) is 2.52. The summed E-state index contributed by atoms with van der Waals surface area (Å²) in [6.07, 6.45) is 0.701. The van der Waals surface area contributed by atoms with Crippen LogP contribution in [0.25, 0.3) is 0 Å². The molecule has 0 aliphatic rings. The number of nitriles is 1.